The molecule has 0 aromatic carbocycles. The molecule has 6 heteroatoms. The van der Waals surface area contributed by atoms with Gasteiger partial charge in [0.05, 0.1) is 0 Å². The lowest BCUT2D eigenvalue weighted by molar-refractivity contribution is -0.132. The molecule has 0 saturated heterocycles. The van der Waals surface area contributed by atoms with E-state index < -0.39 is 5.97 Å². The van der Waals surface area contributed by atoms with Gasteiger partial charge in [0.2, 0.25) is 5.91 Å². The van der Waals surface area contributed by atoms with E-state index in [0.717, 1.165) is 5.69 Å². The summed E-state index contributed by atoms with van der Waals surface area (Å²) >= 11 is 0. The Labute approximate surface area is 112 Å². The Bertz CT molecular complexity index is 519. The summed E-state index contributed by atoms with van der Waals surface area (Å²) < 4.78 is 1.61. The molecule has 0 atom stereocenters. The number of aromatic nitrogens is 2. The van der Waals surface area contributed by atoms with Crippen LogP contribution in [0.25, 0.3) is 0 Å². The summed E-state index contributed by atoms with van der Waals surface area (Å²) in [5, 5.41) is 13.2. The van der Waals surface area contributed by atoms with Gasteiger partial charge in [-0.2, -0.15) is 5.10 Å². The Balaban J connectivity index is 2.23. The zero-order valence-corrected chi connectivity index (χ0v) is 11.5. The molecule has 2 heterocycles. The number of carbonyl (C=O) groups excluding carboxylic acids is 1. The first-order valence-electron chi connectivity index (χ1n) is 6.46. The lowest BCUT2D eigenvalue weighted by Gasteiger charge is -2.28. The Morgan fingerprint density at radius 2 is 2.11 bits per heavy atom. The van der Waals surface area contributed by atoms with E-state index in [1.54, 1.807) is 16.6 Å². The van der Waals surface area contributed by atoms with Gasteiger partial charge in [-0.1, -0.05) is 13.8 Å². The van der Waals surface area contributed by atoms with E-state index in [2.05, 4.69) is 5.10 Å². The predicted octanol–water partition coefficient (Wildman–Crippen LogP) is 1.05. The van der Waals surface area contributed by atoms with Gasteiger partial charge in [0.25, 0.3) is 0 Å². The second kappa shape index (κ2) is 5.03. The van der Waals surface area contributed by atoms with E-state index >= 15 is 0 Å². The first-order valence-corrected chi connectivity index (χ1v) is 6.46. The zero-order chi connectivity index (χ0) is 14.2. The Morgan fingerprint density at radius 3 is 2.68 bits per heavy atom. The van der Waals surface area contributed by atoms with Crippen LogP contribution in [0.15, 0.2) is 0 Å². The number of rotatable bonds is 3. The molecule has 1 aromatic heterocycles. The number of amides is 1. The summed E-state index contributed by atoms with van der Waals surface area (Å²) in [6, 6.07) is 0. The minimum absolute atomic E-state index is 0.0690. The molecule has 1 aliphatic rings. The molecule has 1 amide bonds. The third kappa shape index (κ3) is 2.62. The molecular formula is C13H19N3O3. The average Bonchev–Trinajstić information content (AvgIpc) is 2.65. The van der Waals surface area contributed by atoms with Crippen molar-refractivity contribution in [1.29, 1.82) is 0 Å². The summed E-state index contributed by atoms with van der Waals surface area (Å²) in [5.74, 6) is -0.641. The second-order valence-corrected chi connectivity index (χ2v) is 5.37. The standard InChI is InChI=1S/C13H19N3O3/c1-8(2)6-11(17)16-5-4-10-9(7-16)12(13(18)19)14-15(10)3/h8H,4-7H2,1-3H3,(H,18,19). The molecule has 19 heavy (non-hydrogen) atoms. The van der Waals surface area contributed by atoms with Crippen LogP contribution in [0.2, 0.25) is 0 Å². The molecule has 1 N–H and O–H groups in total. The van der Waals surface area contributed by atoms with Gasteiger partial charge >= 0.3 is 5.97 Å². The number of hydrogen-bond donors (Lipinski definition) is 1. The summed E-state index contributed by atoms with van der Waals surface area (Å²) in [7, 11) is 1.75. The van der Waals surface area contributed by atoms with Crippen LogP contribution in [0.1, 0.15) is 42.0 Å². The van der Waals surface area contributed by atoms with E-state index in [-0.39, 0.29) is 11.6 Å². The average molecular weight is 265 g/mol. The van der Waals surface area contributed by atoms with Crippen molar-refractivity contribution in [2.45, 2.75) is 33.2 Å². The van der Waals surface area contributed by atoms with Crippen LogP contribution in [-0.4, -0.2) is 38.2 Å². The predicted molar refractivity (Wildman–Crippen MR) is 68.7 cm³/mol. The molecule has 0 bridgehead atoms. The highest BCUT2D eigenvalue weighted by atomic mass is 16.4. The van der Waals surface area contributed by atoms with Crippen molar-refractivity contribution in [1.82, 2.24) is 14.7 Å². The van der Waals surface area contributed by atoms with Gasteiger partial charge in [0, 0.05) is 44.2 Å². The lowest BCUT2D eigenvalue weighted by Crippen LogP contribution is -2.37. The molecule has 6 nitrogen and oxygen atoms in total. The highest BCUT2D eigenvalue weighted by Crippen LogP contribution is 2.23. The van der Waals surface area contributed by atoms with E-state index in [9.17, 15) is 9.59 Å². The number of aromatic carboxylic acids is 1. The fourth-order valence-electron chi connectivity index (χ4n) is 2.46. The number of carboxylic acid groups (broad SMARTS) is 1. The highest BCUT2D eigenvalue weighted by molar-refractivity contribution is 5.88. The molecule has 1 aromatic rings. The minimum Gasteiger partial charge on any atom is -0.476 e. The molecular weight excluding hydrogens is 246 g/mol. The third-order valence-corrected chi connectivity index (χ3v) is 3.38. The number of nitrogens with zero attached hydrogens (tertiary/aromatic N) is 3. The maximum Gasteiger partial charge on any atom is 0.356 e. The Morgan fingerprint density at radius 1 is 1.42 bits per heavy atom. The van der Waals surface area contributed by atoms with E-state index in [4.69, 9.17) is 5.11 Å². The highest BCUT2D eigenvalue weighted by Gasteiger charge is 2.29. The molecule has 2 rings (SSSR count). The summed E-state index contributed by atoms with van der Waals surface area (Å²) in [6.45, 7) is 4.99. The van der Waals surface area contributed by atoms with E-state index in [1.165, 1.54) is 0 Å². The van der Waals surface area contributed by atoms with Crippen molar-refractivity contribution in [3.8, 4) is 0 Å². The van der Waals surface area contributed by atoms with Gasteiger partial charge in [-0.05, 0) is 5.92 Å². The third-order valence-electron chi connectivity index (χ3n) is 3.38. The molecule has 0 fully saturated rings. The number of carbonyl (C=O) groups is 2. The van der Waals surface area contributed by atoms with Crippen LogP contribution >= 0.6 is 0 Å². The summed E-state index contributed by atoms with van der Waals surface area (Å²) in [5.41, 5.74) is 1.67. The molecule has 0 aliphatic carbocycles. The van der Waals surface area contributed by atoms with E-state index in [1.807, 2.05) is 13.8 Å². The zero-order valence-electron chi connectivity index (χ0n) is 11.5. The van der Waals surface area contributed by atoms with Crippen molar-refractivity contribution in [2.24, 2.45) is 13.0 Å². The number of aryl methyl sites for hydroxylation is 1. The van der Waals surface area contributed by atoms with Crippen LogP contribution in [0, 0.1) is 5.92 Å². The van der Waals surface area contributed by atoms with Gasteiger partial charge in [-0.25, -0.2) is 4.79 Å². The first-order chi connectivity index (χ1) is 8.90. The fraction of sp³-hybridized carbons (Fsp3) is 0.615. The fourth-order valence-corrected chi connectivity index (χ4v) is 2.46. The topological polar surface area (TPSA) is 75.4 Å². The van der Waals surface area contributed by atoms with Gasteiger partial charge in [-0.15, -0.1) is 0 Å². The summed E-state index contributed by atoms with van der Waals surface area (Å²) in [4.78, 5) is 25.0. The Kier molecular flexibility index (Phi) is 3.59. The molecule has 0 radical (unpaired) electrons. The van der Waals surface area contributed by atoms with Crippen molar-refractivity contribution in [3.63, 3.8) is 0 Å². The van der Waals surface area contributed by atoms with Gasteiger partial charge in [-0.3, -0.25) is 9.48 Å². The van der Waals surface area contributed by atoms with E-state index in [0.29, 0.717) is 37.4 Å². The molecule has 104 valence electrons. The van der Waals surface area contributed by atoms with Crippen molar-refractivity contribution in [2.75, 3.05) is 6.54 Å². The van der Waals surface area contributed by atoms with Gasteiger partial charge in [0.15, 0.2) is 5.69 Å². The number of fused-ring (bicyclic) bond motifs is 1. The summed E-state index contributed by atoms with van der Waals surface area (Å²) in [6.07, 6.45) is 1.16. The quantitative estimate of drug-likeness (QED) is 0.886. The van der Waals surface area contributed by atoms with Gasteiger partial charge in [0.1, 0.15) is 0 Å². The number of hydrogen-bond acceptors (Lipinski definition) is 3. The van der Waals surface area contributed by atoms with Crippen molar-refractivity contribution < 1.29 is 14.7 Å². The maximum atomic E-state index is 12.1. The first kappa shape index (κ1) is 13.6. The van der Waals surface area contributed by atoms with Crippen molar-refractivity contribution in [3.05, 3.63) is 17.0 Å². The van der Waals surface area contributed by atoms with Crippen LogP contribution in [0.5, 0.6) is 0 Å². The van der Waals surface area contributed by atoms with Crippen LogP contribution in [0.4, 0.5) is 0 Å². The van der Waals surface area contributed by atoms with Crippen LogP contribution in [0.3, 0.4) is 0 Å². The largest absolute Gasteiger partial charge is 0.476 e. The van der Waals surface area contributed by atoms with Crippen LogP contribution in [-0.2, 0) is 24.8 Å². The smallest absolute Gasteiger partial charge is 0.356 e. The normalized spacial score (nSPS) is 14.6. The molecule has 0 spiro atoms. The lowest BCUT2D eigenvalue weighted by atomic mass is 10.0. The monoisotopic (exact) mass is 265 g/mol. The second-order valence-electron chi connectivity index (χ2n) is 5.37. The SMILES string of the molecule is CC(C)CC(=O)N1CCc2c(c(C(=O)O)nn2C)C1. The number of carboxylic acids is 1. The maximum absolute atomic E-state index is 12.1. The minimum atomic E-state index is -1.03. The van der Waals surface area contributed by atoms with Crippen molar-refractivity contribution >= 4 is 11.9 Å². The molecule has 1 aliphatic heterocycles. The van der Waals surface area contributed by atoms with Crippen LogP contribution < -0.4 is 0 Å². The molecule has 0 unspecified atom stereocenters. The Hall–Kier alpha value is -1.85. The van der Waals surface area contributed by atoms with Gasteiger partial charge < -0.3 is 10.0 Å². The molecule has 0 saturated carbocycles.